The Kier molecular flexibility index (Phi) is 2.31. The molecular weight excluding hydrogens is 190 g/mol. The molecule has 3 saturated heterocycles. The fourth-order valence-electron chi connectivity index (χ4n) is 3.11. The summed E-state index contributed by atoms with van der Waals surface area (Å²) in [7, 11) is 0. The molecule has 3 aliphatic heterocycles. The van der Waals surface area contributed by atoms with Gasteiger partial charge in [-0.1, -0.05) is 0 Å². The number of nitrogens with one attached hydrogen (secondary N) is 1. The Morgan fingerprint density at radius 3 is 2.67 bits per heavy atom. The van der Waals surface area contributed by atoms with Gasteiger partial charge in [0, 0.05) is 32.2 Å². The van der Waals surface area contributed by atoms with Crippen molar-refractivity contribution in [2.75, 3.05) is 32.7 Å². The van der Waals surface area contributed by atoms with Gasteiger partial charge in [-0.05, 0) is 31.7 Å². The van der Waals surface area contributed by atoms with Gasteiger partial charge in [-0.2, -0.15) is 0 Å². The number of nitrogens with zero attached hydrogens (tertiary/aromatic N) is 2. The largest absolute Gasteiger partial charge is 0.325 e. The Morgan fingerprint density at radius 2 is 1.93 bits per heavy atom. The molecule has 0 bridgehead atoms. The molecule has 84 valence electrons. The van der Waals surface area contributed by atoms with Crippen LogP contribution in [0.3, 0.4) is 0 Å². The average Bonchev–Trinajstić information content (AvgIpc) is 2.92. The molecule has 0 spiro atoms. The van der Waals surface area contributed by atoms with Crippen LogP contribution in [0.15, 0.2) is 0 Å². The number of rotatable bonds is 0. The summed E-state index contributed by atoms with van der Waals surface area (Å²) in [5, 5.41) is 3.48. The number of carbonyl (C=O) groups is 1. The van der Waals surface area contributed by atoms with E-state index in [9.17, 15) is 4.79 Å². The predicted octanol–water partition coefficient (Wildman–Crippen LogP) is 0.496. The maximum atomic E-state index is 12.1. The van der Waals surface area contributed by atoms with Crippen LogP contribution < -0.4 is 5.32 Å². The Hall–Kier alpha value is -0.770. The summed E-state index contributed by atoms with van der Waals surface area (Å²) < 4.78 is 0. The summed E-state index contributed by atoms with van der Waals surface area (Å²) in [6, 6.07) is 0.861. The summed E-state index contributed by atoms with van der Waals surface area (Å²) in [6.07, 6.45) is 3.61. The number of urea groups is 1. The maximum Gasteiger partial charge on any atom is 0.320 e. The number of amides is 2. The van der Waals surface area contributed by atoms with E-state index in [-0.39, 0.29) is 6.03 Å². The summed E-state index contributed by atoms with van der Waals surface area (Å²) in [4.78, 5) is 16.2. The molecule has 3 rings (SSSR count). The van der Waals surface area contributed by atoms with Crippen molar-refractivity contribution in [3.8, 4) is 0 Å². The molecule has 0 radical (unpaired) electrons. The standard InChI is InChI=1S/C11H19N3O/c15-11(13-5-1-2-6-13)14-7-9-3-4-12-10(9)8-14/h9-10,12H,1-8H2/t9-,10+/m1/s1. The van der Waals surface area contributed by atoms with Crippen LogP contribution in [-0.2, 0) is 0 Å². The first-order valence-electron chi connectivity index (χ1n) is 6.12. The van der Waals surface area contributed by atoms with Gasteiger partial charge in [0.2, 0.25) is 0 Å². The highest BCUT2D eigenvalue weighted by atomic mass is 16.2. The van der Waals surface area contributed by atoms with E-state index in [4.69, 9.17) is 0 Å². The molecule has 3 aliphatic rings. The molecule has 15 heavy (non-hydrogen) atoms. The Morgan fingerprint density at radius 1 is 1.13 bits per heavy atom. The quantitative estimate of drug-likeness (QED) is 0.630. The van der Waals surface area contributed by atoms with E-state index in [0.717, 1.165) is 38.6 Å². The SMILES string of the molecule is O=C(N1CCCC1)N1C[C@H]2CCN[C@H]2C1. The van der Waals surface area contributed by atoms with Crippen molar-refractivity contribution in [3.63, 3.8) is 0 Å². The number of hydrogen-bond acceptors (Lipinski definition) is 2. The molecule has 0 aromatic rings. The van der Waals surface area contributed by atoms with Gasteiger partial charge < -0.3 is 15.1 Å². The topological polar surface area (TPSA) is 35.6 Å². The normalized spacial score (nSPS) is 34.9. The minimum absolute atomic E-state index is 0.281. The highest BCUT2D eigenvalue weighted by Crippen LogP contribution is 2.26. The molecule has 3 heterocycles. The van der Waals surface area contributed by atoms with Gasteiger partial charge in [0.15, 0.2) is 0 Å². The third-order valence-corrected chi connectivity index (χ3v) is 4.01. The summed E-state index contributed by atoms with van der Waals surface area (Å²) in [5.41, 5.74) is 0. The molecule has 0 aromatic carbocycles. The first kappa shape index (κ1) is 9.46. The molecule has 0 aromatic heterocycles. The lowest BCUT2D eigenvalue weighted by Gasteiger charge is -2.24. The Balaban J connectivity index is 1.61. The van der Waals surface area contributed by atoms with Crippen LogP contribution >= 0.6 is 0 Å². The van der Waals surface area contributed by atoms with Crippen molar-refractivity contribution in [1.82, 2.24) is 15.1 Å². The lowest BCUT2D eigenvalue weighted by atomic mass is 10.1. The second-order valence-electron chi connectivity index (χ2n) is 4.99. The molecule has 2 amide bonds. The monoisotopic (exact) mass is 209 g/mol. The maximum absolute atomic E-state index is 12.1. The smallest absolute Gasteiger partial charge is 0.320 e. The third-order valence-electron chi connectivity index (χ3n) is 4.01. The Labute approximate surface area is 90.6 Å². The molecule has 0 unspecified atom stereocenters. The van der Waals surface area contributed by atoms with E-state index in [1.807, 2.05) is 9.80 Å². The summed E-state index contributed by atoms with van der Waals surface area (Å²) >= 11 is 0. The lowest BCUT2D eigenvalue weighted by molar-refractivity contribution is 0.170. The van der Waals surface area contributed by atoms with Crippen LogP contribution in [0.5, 0.6) is 0 Å². The van der Waals surface area contributed by atoms with Crippen molar-refractivity contribution >= 4 is 6.03 Å². The van der Waals surface area contributed by atoms with Gasteiger partial charge in [-0.25, -0.2) is 4.79 Å². The number of fused-ring (bicyclic) bond motifs is 1. The van der Waals surface area contributed by atoms with Gasteiger partial charge in [0.05, 0.1) is 0 Å². The number of carbonyl (C=O) groups excluding carboxylic acids is 1. The minimum Gasteiger partial charge on any atom is -0.325 e. The number of hydrogen-bond donors (Lipinski definition) is 1. The van der Waals surface area contributed by atoms with E-state index in [1.165, 1.54) is 19.3 Å². The first-order chi connectivity index (χ1) is 7.34. The van der Waals surface area contributed by atoms with Crippen LogP contribution in [-0.4, -0.2) is 54.6 Å². The van der Waals surface area contributed by atoms with E-state index >= 15 is 0 Å². The molecule has 3 fully saturated rings. The fraction of sp³-hybridized carbons (Fsp3) is 0.909. The van der Waals surface area contributed by atoms with E-state index in [0.29, 0.717) is 6.04 Å². The molecule has 1 N–H and O–H groups in total. The van der Waals surface area contributed by atoms with Crippen LogP contribution in [0.4, 0.5) is 4.79 Å². The molecule has 0 saturated carbocycles. The van der Waals surface area contributed by atoms with E-state index < -0.39 is 0 Å². The Bertz CT molecular complexity index is 251. The van der Waals surface area contributed by atoms with Crippen molar-refractivity contribution in [1.29, 1.82) is 0 Å². The van der Waals surface area contributed by atoms with Gasteiger partial charge in [-0.15, -0.1) is 0 Å². The highest BCUT2D eigenvalue weighted by Gasteiger charge is 2.39. The second-order valence-corrected chi connectivity index (χ2v) is 4.99. The molecule has 4 heteroatoms. The molecule has 0 aliphatic carbocycles. The lowest BCUT2D eigenvalue weighted by Crippen LogP contribution is -2.42. The third kappa shape index (κ3) is 1.61. The molecule has 2 atom stereocenters. The molecular formula is C11H19N3O. The highest BCUT2D eigenvalue weighted by molar-refractivity contribution is 5.75. The fourth-order valence-corrected chi connectivity index (χ4v) is 3.11. The van der Waals surface area contributed by atoms with Crippen molar-refractivity contribution in [2.24, 2.45) is 5.92 Å². The zero-order chi connectivity index (χ0) is 10.3. The number of likely N-dealkylation sites (tertiary alicyclic amines) is 2. The molecule has 4 nitrogen and oxygen atoms in total. The van der Waals surface area contributed by atoms with Crippen LogP contribution in [0, 0.1) is 5.92 Å². The first-order valence-corrected chi connectivity index (χ1v) is 6.12. The zero-order valence-electron chi connectivity index (χ0n) is 9.11. The van der Waals surface area contributed by atoms with E-state index in [1.54, 1.807) is 0 Å². The van der Waals surface area contributed by atoms with Crippen LogP contribution in [0.2, 0.25) is 0 Å². The second kappa shape index (κ2) is 3.67. The van der Waals surface area contributed by atoms with Gasteiger partial charge in [0.1, 0.15) is 0 Å². The predicted molar refractivity (Wildman–Crippen MR) is 57.7 cm³/mol. The minimum atomic E-state index is 0.281. The van der Waals surface area contributed by atoms with Crippen molar-refractivity contribution in [3.05, 3.63) is 0 Å². The van der Waals surface area contributed by atoms with Crippen LogP contribution in [0.1, 0.15) is 19.3 Å². The van der Waals surface area contributed by atoms with Crippen molar-refractivity contribution < 1.29 is 4.79 Å². The summed E-state index contributed by atoms with van der Waals surface area (Å²) in [5.74, 6) is 0.719. The van der Waals surface area contributed by atoms with E-state index in [2.05, 4.69) is 5.32 Å². The van der Waals surface area contributed by atoms with Crippen molar-refractivity contribution in [2.45, 2.75) is 25.3 Å². The average molecular weight is 209 g/mol. The zero-order valence-corrected chi connectivity index (χ0v) is 9.11. The summed E-state index contributed by atoms with van der Waals surface area (Å²) in [6.45, 7) is 4.99. The van der Waals surface area contributed by atoms with Crippen LogP contribution in [0.25, 0.3) is 0 Å². The van der Waals surface area contributed by atoms with Gasteiger partial charge >= 0.3 is 6.03 Å². The van der Waals surface area contributed by atoms with Gasteiger partial charge in [-0.3, -0.25) is 0 Å². The van der Waals surface area contributed by atoms with Gasteiger partial charge in [0.25, 0.3) is 0 Å².